The van der Waals surface area contributed by atoms with Crippen molar-refractivity contribution in [2.75, 3.05) is 7.11 Å². The van der Waals surface area contributed by atoms with Gasteiger partial charge in [0, 0.05) is 11.6 Å². The van der Waals surface area contributed by atoms with E-state index in [-0.39, 0.29) is 18.0 Å². The van der Waals surface area contributed by atoms with Crippen molar-refractivity contribution in [2.45, 2.75) is 6.61 Å². The number of ether oxygens (including phenoxy) is 2. The summed E-state index contributed by atoms with van der Waals surface area (Å²) in [4.78, 5) is 23.7. The van der Waals surface area contributed by atoms with Crippen LogP contribution in [0.4, 0.5) is 5.69 Å². The summed E-state index contributed by atoms with van der Waals surface area (Å²) < 4.78 is 11.0. The van der Waals surface area contributed by atoms with E-state index in [1.165, 1.54) is 25.5 Å². The Morgan fingerprint density at radius 3 is 2.38 bits per heavy atom. The topological polar surface area (TPSA) is 103 Å². The van der Waals surface area contributed by atoms with Gasteiger partial charge in [-0.15, -0.1) is 0 Å². The van der Waals surface area contributed by atoms with Gasteiger partial charge in [0.25, 0.3) is 5.91 Å². The second kappa shape index (κ2) is 10.3. The van der Waals surface area contributed by atoms with Crippen molar-refractivity contribution in [3.63, 3.8) is 0 Å². The van der Waals surface area contributed by atoms with E-state index in [0.29, 0.717) is 16.9 Å². The van der Waals surface area contributed by atoms with E-state index in [2.05, 4.69) is 10.5 Å². The lowest BCUT2D eigenvalue weighted by atomic mass is 10.1. The van der Waals surface area contributed by atoms with Crippen molar-refractivity contribution in [1.82, 2.24) is 5.43 Å². The highest BCUT2D eigenvalue weighted by molar-refractivity contribution is 6.02. The van der Waals surface area contributed by atoms with Gasteiger partial charge in [0.05, 0.1) is 23.8 Å². The molecule has 1 amide bonds. The van der Waals surface area contributed by atoms with Crippen LogP contribution in [0.5, 0.6) is 11.5 Å². The number of nitro groups is 1. The van der Waals surface area contributed by atoms with Gasteiger partial charge in [-0.05, 0) is 40.6 Å². The number of amides is 1. The molecule has 8 nitrogen and oxygen atoms in total. The zero-order chi connectivity index (χ0) is 23.9. The molecule has 0 bridgehead atoms. The monoisotopic (exact) mass is 455 g/mol. The number of carbonyl (C=O) groups excluding carboxylic acids is 1. The largest absolute Gasteiger partial charge is 0.496 e. The van der Waals surface area contributed by atoms with Gasteiger partial charge in [-0.2, -0.15) is 5.10 Å². The van der Waals surface area contributed by atoms with E-state index < -0.39 is 10.8 Å². The molecule has 0 aromatic heterocycles. The SMILES string of the molecule is COc1cc2ccccc2cc1C(=O)N/N=C\c1ccc(OCc2ccccc2)c([N+](=O)[O-])c1. The number of methoxy groups -OCH3 is 1. The second-order valence-corrected chi connectivity index (χ2v) is 7.36. The zero-order valence-electron chi connectivity index (χ0n) is 18.3. The highest BCUT2D eigenvalue weighted by Crippen LogP contribution is 2.28. The fourth-order valence-corrected chi connectivity index (χ4v) is 3.41. The molecule has 4 rings (SSSR count). The molecule has 0 unspecified atom stereocenters. The van der Waals surface area contributed by atoms with E-state index in [9.17, 15) is 14.9 Å². The molecule has 0 aliphatic heterocycles. The van der Waals surface area contributed by atoms with Crippen LogP contribution >= 0.6 is 0 Å². The van der Waals surface area contributed by atoms with Crippen LogP contribution in [0.25, 0.3) is 10.8 Å². The molecule has 0 saturated heterocycles. The van der Waals surface area contributed by atoms with Gasteiger partial charge in [-0.25, -0.2) is 5.43 Å². The predicted octanol–water partition coefficient (Wildman–Crippen LogP) is 5.10. The number of hydrazone groups is 1. The summed E-state index contributed by atoms with van der Waals surface area (Å²) in [5.41, 5.74) is 3.91. The summed E-state index contributed by atoms with van der Waals surface area (Å²) in [5.74, 6) is 0.106. The minimum absolute atomic E-state index is 0.149. The zero-order valence-corrected chi connectivity index (χ0v) is 18.3. The summed E-state index contributed by atoms with van der Waals surface area (Å²) in [7, 11) is 1.49. The molecule has 0 radical (unpaired) electrons. The summed E-state index contributed by atoms with van der Waals surface area (Å²) in [6.45, 7) is 0.207. The third kappa shape index (κ3) is 5.18. The Kier molecular flexibility index (Phi) is 6.78. The van der Waals surface area contributed by atoms with Gasteiger partial charge in [-0.1, -0.05) is 54.6 Å². The van der Waals surface area contributed by atoms with Crippen LogP contribution in [0.2, 0.25) is 0 Å². The second-order valence-electron chi connectivity index (χ2n) is 7.36. The Balaban J connectivity index is 1.48. The van der Waals surface area contributed by atoms with Gasteiger partial charge in [-0.3, -0.25) is 14.9 Å². The molecular weight excluding hydrogens is 434 g/mol. The Hall–Kier alpha value is -4.72. The number of hydrogen-bond donors (Lipinski definition) is 1. The Labute approximate surface area is 195 Å². The maximum atomic E-state index is 12.7. The normalized spacial score (nSPS) is 10.9. The van der Waals surface area contributed by atoms with Crippen LogP contribution < -0.4 is 14.9 Å². The maximum absolute atomic E-state index is 12.7. The van der Waals surface area contributed by atoms with Gasteiger partial charge in [0.2, 0.25) is 0 Å². The summed E-state index contributed by atoms with van der Waals surface area (Å²) in [6.07, 6.45) is 1.33. The fourth-order valence-electron chi connectivity index (χ4n) is 3.41. The van der Waals surface area contributed by atoms with E-state index in [0.717, 1.165) is 16.3 Å². The van der Waals surface area contributed by atoms with Crippen LogP contribution in [0.15, 0.2) is 90.0 Å². The molecule has 8 heteroatoms. The summed E-state index contributed by atoms with van der Waals surface area (Å²) in [5, 5.41) is 17.3. The minimum atomic E-state index is -0.518. The van der Waals surface area contributed by atoms with Gasteiger partial charge >= 0.3 is 5.69 Å². The van der Waals surface area contributed by atoms with Crippen LogP contribution in [-0.4, -0.2) is 24.2 Å². The molecule has 4 aromatic carbocycles. The molecule has 170 valence electrons. The van der Waals surface area contributed by atoms with Crippen molar-refractivity contribution in [3.05, 3.63) is 112 Å². The minimum Gasteiger partial charge on any atom is -0.496 e. The molecule has 4 aromatic rings. The van der Waals surface area contributed by atoms with Crippen molar-refractivity contribution in [3.8, 4) is 11.5 Å². The van der Waals surface area contributed by atoms with E-state index in [4.69, 9.17) is 9.47 Å². The standard InChI is InChI=1S/C26H21N3O5/c1-33-25-15-21-10-6-5-9-20(21)14-22(25)26(30)28-27-16-19-11-12-24(23(13-19)29(31)32)34-17-18-7-3-2-4-8-18/h2-16H,17H2,1H3,(H,28,30)/b27-16-. The quantitative estimate of drug-likeness (QED) is 0.226. The number of rotatable bonds is 8. The molecule has 1 N–H and O–H groups in total. The van der Waals surface area contributed by atoms with Crippen LogP contribution in [0.1, 0.15) is 21.5 Å². The molecule has 0 aliphatic rings. The fraction of sp³-hybridized carbons (Fsp3) is 0.0769. The van der Waals surface area contributed by atoms with Crippen LogP contribution in [-0.2, 0) is 6.61 Å². The number of benzene rings is 4. The van der Waals surface area contributed by atoms with Crippen molar-refractivity contribution < 1.29 is 19.2 Å². The van der Waals surface area contributed by atoms with Crippen molar-refractivity contribution in [2.24, 2.45) is 5.10 Å². The first-order chi connectivity index (χ1) is 16.5. The number of nitrogens with one attached hydrogen (secondary N) is 1. The highest BCUT2D eigenvalue weighted by atomic mass is 16.6. The molecule has 0 heterocycles. The predicted molar refractivity (Wildman–Crippen MR) is 129 cm³/mol. The lowest BCUT2D eigenvalue weighted by Gasteiger charge is -2.09. The molecule has 0 atom stereocenters. The molecule has 0 fully saturated rings. The number of nitro benzene ring substituents is 1. The van der Waals surface area contributed by atoms with E-state index in [1.54, 1.807) is 18.2 Å². The molecule has 0 spiro atoms. The van der Waals surface area contributed by atoms with Crippen molar-refractivity contribution in [1.29, 1.82) is 0 Å². The Morgan fingerprint density at radius 1 is 0.971 bits per heavy atom. The number of hydrogen-bond acceptors (Lipinski definition) is 6. The average molecular weight is 455 g/mol. The molecule has 34 heavy (non-hydrogen) atoms. The van der Waals surface area contributed by atoms with Gasteiger partial charge in [0.15, 0.2) is 5.75 Å². The first kappa shape index (κ1) is 22.5. The summed E-state index contributed by atoms with van der Waals surface area (Å²) >= 11 is 0. The highest BCUT2D eigenvalue weighted by Gasteiger charge is 2.16. The lowest BCUT2D eigenvalue weighted by molar-refractivity contribution is -0.385. The van der Waals surface area contributed by atoms with Gasteiger partial charge in [0.1, 0.15) is 12.4 Å². The van der Waals surface area contributed by atoms with E-state index >= 15 is 0 Å². The maximum Gasteiger partial charge on any atom is 0.311 e. The molecule has 0 saturated carbocycles. The Bertz CT molecular complexity index is 1370. The van der Waals surface area contributed by atoms with Crippen molar-refractivity contribution >= 4 is 28.6 Å². The Morgan fingerprint density at radius 2 is 1.68 bits per heavy atom. The number of fused-ring (bicyclic) bond motifs is 1. The van der Waals surface area contributed by atoms with Crippen LogP contribution in [0, 0.1) is 10.1 Å². The third-order valence-electron chi connectivity index (χ3n) is 5.11. The lowest BCUT2D eigenvalue weighted by Crippen LogP contribution is -2.18. The van der Waals surface area contributed by atoms with E-state index in [1.807, 2.05) is 54.6 Å². The molecule has 0 aliphatic carbocycles. The smallest absolute Gasteiger partial charge is 0.311 e. The third-order valence-corrected chi connectivity index (χ3v) is 5.11. The first-order valence-electron chi connectivity index (χ1n) is 10.4. The molecular formula is C26H21N3O5. The van der Waals surface area contributed by atoms with Gasteiger partial charge < -0.3 is 9.47 Å². The average Bonchev–Trinajstić information content (AvgIpc) is 2.87. The number of nitrogens with zero attached hydrogens (tertiary/aromatic N) is 2. The summed E-state index contributed by atoms with van der Waals surface area (Å²) in [6, 6.07) is 25.0. The first-order valence-corrected chi connectivity index (χ1v) is 10.4. The van der Waals surface area contributed by atoms with Crippen LogP contribution in [0.3, 0.4) is 0 Å². The number of carbonyl (C=O) groups is 1.